The number of hydrogen-bond donors (Lipinski definition) is 0. The number of benzene rings is 1. The van der Waals surface area contributed by atoms with Crippen LogP contribution in [0.4, 0.5) is 0 Å². The molecule has 1 aromatic carbocycles. The number of esters is 1. The van der Waals surface area contributed by atoms with E-state index in [0.29, 0.717) is 70.1 Å². The smallest absolute Gasteiger partial charge is 0.308 e. The molecule has 0 spiro atoms. The maximum absolute atomic E-state index is 11.0. The minimum Gasteiger partial charge on any atom is -0.487 e. The largest absolute Gasteiger partial charge is 0.487 e. The van der Waals surface area contributed by atoms with Crippen molar-refractivity contribution in [1.29, 1.82) is 0 Å². The van der Waals surface area contributed by atoms with Gasteiger partial charge in [0.05, 0.1) is 39.6 Å². The van der Waals surface area contributed by atoms with Gasteiger partial charge in [-0.1, -0.05) is 0 Å². The minimum absolute atomic E-state index is 0.358. The molecule has 7 heteroatoms. The number of hydrogen-bond acceptors (Lipinski definition) is 7. The van der Waals surface area contributed by atoms with Crippen molar-refractivity contribution in [2.75, 3.05) is 52.9 Å². The van der Waals surface area contributed by atoms with E-state index in [1.54, 1.807) is 18.2 Å². The number of carbonyl (C=O) groups excluding carboxylic acids is 1. The molecule has 2 rings (SSSR count). The number of carbonyl (C=O) groups is 1. The lowest BCUT2D eigenvalue weighted by atomic mass is 10.3. The number of ether oxygens (including phenoxy) is 6. The second-order valence-corrected chi connectivity index (χ2v) is 4.74. The zero-order chi connectivity index (χ0) is 16.3. The summed E-state index contributed by atoms with van der Waals surface area (Å²) in [6.07, 6.45) is 0. The Labute approximate surface area is 135 Å². The van der Waals surface area contributed by atoms with Gasteiger partial charge in [-0.05, 0) is 12.1 Å². The monoisotopic (exact) mass is 326 g/mol. The number of rotatable bonds is 1. The zero-order valence-corrected chi connectivity index (χ0v) is 13.2. The summed E-state index contributed by atoms with van der Waals surface area (Å²) in [5.74, 6) is 1.08. The molecule has 0 fully saturated rings. The van der Waals surface area contributed by atoms with Gasteiger partial charge in [0.1, 0.15) is 19.0 Å². The molecule has 7 nitrogen and oxygen atoms in total. The Balaban J connectivity index is 2.01. The van der Waals surface area contributed by atoms with E-state index in [1.165, 1.54) is 6.92 Å². The Morgan fingerprint density at radius 3 is 1.91 bits per heavy atom. The first-order chi connectivity index (χ1) is 11.3. The third kappa shape index (κ3) is 6.85. The van der Waals surface area contributed by atoms with Crippen molar-refractivity contribution in [3.05, 3.63) is 18.2 Å². The molecule has 1 aliphatic heterocycles. The highest BCUT2D eigenvalue weighted by Gasteiger charge is 2.09. The van der Waals surface area contributed by atoms with Crippen LogP contribution in [0.3, 0.4) is 0 Å². The Morgan fingerprint density at radius 2 is 1.35 bits per heavy atom. The third-order valence-electron chi connectivity index (χ3n) is 2.89. The van der Waals surface area contributed by atoms with E-state index >= 15 is 0 Å². The predicted octanol–water partition coefficient (Wildman–Crippen LogP) is 1.43. The Bertz CT molecular complexity index is 489. The Kier molecular flexibility index (Phi) is 7.65. The molecule has 0 unspecified atom stereocenters. The quantitative estimate of drug-likeness (QED) is 0.571. The molecular formula is C16H22O7. The molecular weight excluding hydrogens is 304 g/mol. The van der Waals surface area contributed by atoms with Crippen LogP contribution in [0.25, 0.3) is 0 Å². The lowest BCUT2D eigenvalue weighted by molar-refractivity contribution is -0.131. The summed E-state index contributed by atoms with van der Waals surface area (Å²) in [5, 5.41) is 0. The summed E-state index contributed by atoms with van der Waals surface area (Å²) < 4.78 is 32.5. The van der Waals surface area contributed by atoms with Crippen molar-refractivity contribution < 1.29 is 33.2 Å². The van der Waals surface area contributed by atoms with Crippen molar-refractivity contribution in [2.24, 2.45) is 0 Å². The highest BCUT2D eigenvalue weighted by Crippen LogP contribution is 2.31. The molecule has 1 aromatic rings. The van der Waals surface area contributed by atoms with Gasteiger partial charge in [-0.25, -0.2) is 0 Å². The van der Waals surface area contributed by atoms with Crippen molar-refractivity contribution in [2.45, 2.75) is 6.92 Å². The first-order valence-electron chi connectivity index (χ1n) is 7.57. The first-order valence-corrected chi connectivity index (χ1v) is 7.57. The third-order valence-corrected chi connectivity index (χ3v) is 2.89. The van der Waals surface area contributed by atoms with E-state index in [4.69, 9.17) is 28.4 Å². The molecule has 0 aromatic heterocycles. The van der Waals surface area contributed by atoms with Gasteiger partial charge in [0.2, 0.25) is 0 Å². The summed E-state index contributed by atoms with van der Waals surface area (Å²) in [6, 6.07) is 4.98. The van der Waals surface area contributed by atoms with Gasteiger partial charge in [-0.3, -0.25) is 4.79 Å². The molecule has 0 radical (unpaired) electrons. The summed E-state index contributed by atoms with van der Waals surface area (Å²) >= 11 is 0. The van der Waals surface area contributed by atoms with Crippen molar-refractivity contribution in [1.82, 2.24) is 0 Å². The normalized spacial score (nSPS) is 17.6. The van der Waals surface area contributed by atoms with Crippen LogP contribution in [0.5, 0.6) is 17.2 Å². The van der Waals surface area contributed by atoms with Gasteiger partial charge >= 0.3 is 5.97 Å². The first kappa shape index (κ1) is 17.5. The van der Waals surface area contributed by atoms with Gasteiger partial charge in [-0.2, -0.15) is 0 Å². The Hall–Kier alpha value is -1.83. The van der Waals surface area contributed by atoms with Crippen LogP contribution in [-0.4, -0.2) is 58.8 Å². The van der Waals surface area contributed by atoms with Crippen LogP contribution in [0.1, 0.15) is 6.92 Å². The molecule has 0 atom stereocenters. The molecule has 1 heterocycles. The van der Waals surface area contributed by atoms with Crippen LogP contribution in [0.15, 0.2) is 18.2 Å². The maximum atomic E-state index is 11.0. The van der Waals surface area contributed by atoms with Crippen LogP contribution < -0.4 is 14.2 Å². The molecule has 0 saturated heterocycles. The lowest BCUT2D eigenvalue weighted by Crippen LogP contribution is -2.13. The highest BCUT2D eigenvalue weighted by molar-refractivity contribution is 5.69. The zero-order valence-electron chi connectivity index (χ0n) is 13.2. The summed E-state index contributed by atoms with van der Waals surface area (Å²) in [6.45, 7) is 5.03. The van der Waals surface area contributed by atoms with E-state index in [-0.39, 0.29) is 5.97 Å². The molecule has 0 aliphatic carbocycles. The van der Waals surface area contributed by atoms with E-state index < -0.39 is 0 Å². The maximum Gasteiger partial charge on any atom is 0.308 e. The van der Waals surface area contributed by atoms with E-state index in [2.05, 4.69) is 0 Å². The summed E-state index contributed by atoms with van der Waals surface area (Å²) in [4.78, 5) is 11.0. The molecule has 0 amide bonds. The van der Waals surface area contributed by atoms with E-state index in [9.17, 15) is 4.79 Å². The van der Waals surface area contributed by atoms with Gasteiger partial charge < -0.3 is 28.4 Å². The van der Waals surface area contributed by atoms with Crippen molar-refractivity contribution in [3.8, 4) is 17.2 Å². The molecule has 0 N–H and O–H groups in total. The fraction of sp³-hybridized carbons (Fsp3) is 0.562. The minimum atomic E-state index is -0.389. The Morgan fingerprint density at radius 1 is 0.826 bits per heavy atom. The predicted molar refractivity (Wildman–Crippen MR) is 81.2 cm³/mol. The molecule has 1 aliphatic rings. The van der Waals surface area contributed by atoms with Crippen LogP contribution >= 0.6 is 0 Å². The molecule has 128 valence electrons. The second kappa shape index (κ2) is 10.0. The van der Waals surface area contributed by atoms with Crippen LogP contribution in [-0.2, 0) is 19.0 Å². The fourth-order valence-corrected chi connectivity index (χ4v) is 1.91. The van der Waals surface area contributed by atoms with Gasteiger partial charge in [0.15, 0.2) is 11.5 Å². The fourth-order valence-electron chi connectivity index (χ4n) is 1.91. The van der Waals surface area contributed by atoms with Crippen LogP contribution in [0.2, 0.25) is 0 Å². The SMILES string of the molecule is CC(=O)Oc1ccc2c(c1)OCCOCCOCCOCCO2. The van der Waals surface area contributed by atoms with Gasteiger partial charge in [0.25, 0.3) is 0 Å². The summed E-state index contributed by atoms with van der Waals surface area (Å²) in [7, 11) is 0. The standard InChI is InChI=1S/C16H22O7/c1-13(17)23-14-2-3-15-16(12-14)22-11-9-20-7-5-18-4-6-19-8-10-21-15/h2-3,12H,4-11H2,1H3. The van der Waals surface area contributed by atoms with Crippen molar-refractivity contribution in [3.63, 3.8) is 0 Å². The molecule has 0 saturated carbocycles. The molecule has 0 bridgehead atoms. The highest BCUT2D eigenvalue weighted by atomic mass is 16.6. The average molecular weight is 326 g/mol. The van der Waals surface area contributed by atoms with Crippen LogP contribution in [0, 0.1) is 0 Å². The topological polar surface area (TPSA) is 72.5 Å². The average Bonchev–Trinajstić information content (AvgIpc) is 2.53. The van der Waals surface area contributed by atoms with Gasteiger partial charge in [-0.15, -0.1) is 0 Å². The molecule has 23 heavy (non-hydrogen) atoms. The summed E-state index contributed by atoms with van der Waals surface area (Å²) in [5.41, 5.74) is 0. The van der Waals surface area contributed by atoms with E-state index in [0.717, 1.165) is 0 Å². The van der Waals surface area contributed by atoms with Crippen molar-refractivity contribution >= 4 is 5.97 Å². The van der Waals surface area contributed by atoms with E-state index in [1.807, 2.05) is 0 Å². The second-order valence-electron chi connectivity index (χ2n) is 4.74. The van der Waals surface area contributed by atoms with Gasteiger partial charge in [0, 0.05) is 13.0 Å². The number of fused-ring (bicyclic) bond motifs is 1. The lowest BCUT2D eigenvalue weighted by Gasteiger charge is -2.14.